The van der Waals surface area contributed by atoms with Crippen LogP contribution in [0, 0.1) is 0 Å². The fourth-order valence-corrected chi connectivity index (χ4v) is 1.80. The second kappa shape index (κ2) is 3.67. The molecule has 13 heavy (non-hydrogen) atoms. The van der Waals surface area contributed by atoms with Gasteiger partial charge in [0, 0.05) is 0 Å². The largest absolute Gasteiger partial charge is 0.612 e. The fraction of sp³-hybridized carbons (Fsp3) is 0.143. The van der Waals surface area contributed by atoms with Gasteiger partial charge in [-0.25, -0.2) is 0 Å². The Morgan fingerprint density at radius 1 is 1.31 bits per heavy atom. The number of benzene rings is 1. The van der Waals surface area contributed by atoms with Gasteiger partial charge in [0.2, 0.25) is 0 Å². The summed E-state index contributed by atoms with van der Waals surface area (Å²) >= 11 is -1.14. The summed E-state index contributed by atoms with van der Waals surface area (Å²) in [5, 5.41) is 0. The second-order valence-electron chi connectivity index (χ2n) is 2.40. The highest BCUT2D eigenvalue weighted by Gasteiger charge is 2.10. The maximum atomic E-state index is 10.9. The molecule has 1 atom stereocenters. The Morgan fingerprint density at radius 2 is 1.77 bits per heavy atom. The van der Waals surface area contributed by atoms with Gasteiger partial charge >= 0.3 is 0 Å². The molecule has 1 unspecified atom stereocenters. The topological polar surface area (TPSA) is 77.4 Å². The van der Waals surface area contributed by atoms with Crippen LogP contribution in [0.25, 0.3) is 0 Å². The summed E-state index contributed by atoms with van der Waals surface area (Å²) in [7, 11) is -4.14. The summed E-state index contributed by atoms with van der Waals surface area (Å²) in [6.45, 7) is 0. The quantitative estimate of drug-likeness (QED) is 0.587. The molecule has 0 aromatic heterocycles. The molecule has 1 N–H and O–H groups in total. The minimum Gasteiger partial charge on any atom is -0.612 e. The van der Waals surface area contributed by atoms with Gasteiger partial charge in [-0.2, -0.15) is 8.42 Å². The van der Waals surface area contributed by atoms with Gasteiger partial charge in [0.25, 0.3) is 10.1 Å². The molecule has 0 saturated heterocycles. The van der Waals surface area contributed by atoms with Gasteiger partial charge in [-0.3, -0.25) is 4.55 Å². The molecule has 4 nitrogen and oxygen atoms in total. The molecule has 0 bridgehead atoms. The summed E-state index contributed by atoms with van der Waals surface area (Å²) < 4.78 is 40.7. The zero-order valence-electron chi connectivity index (χ0n) is 6.80. The Balaban J connectivity index is 3.08. The van der Waals surface area contributed by atoms with Crippen molar-refractivity contribution in [2.45, 2.75) is 9.79 Å². The molecule has 72 valence electrons. The average Bonchev–Trinajstić information content (AvgIpc) is 2.03. The molecule has 6 heteroatoms. The van der Waals surface area contributed by atoms with Crippen molar-refractivity contribution in [2.75, 3.05) is 6.26 Å². The van der Waals surface area contributed by atoms with Crippen LogP contribution in [0.2, 0.25) is 0 Å². The van der Waals surface area contributed by atoms with Crippen LogP contribution in [0.3, 0.4) is 0 Å². The van der Waals surface area contributed by atoms with E-state index in [4.69, 9.17) is 4.55 Å². The van der Waals surface area contributed by atoms with E-state index in [1.807, 2.05) is 0 Å². The van der Waals surface area contributed by atoms with E-state index < -0.39 is 21.3 Å². The Labute approximate surface area is 79.5 Å². The van der Waals surface area contributed by atoms with E-state index in [-0.39, 0.29) is 4.90 Å². The van der Waals surface area contributed by atoms with Crippen molar-refractivity contribution in [3.05, 3.63) is 24.3 Å². The smallest absolute Gasteiger partial charge is 0.294 e. The zero-order chi connectivity index (χ0) is 10.1. The maximum absolute atomic E-state index is 10.9. The Morgan fingerprint density at radius 3 is 2.08 bits per heavy atom. The minimum absolute atomic E-state index is 0.193. The van der Waals surface area contributed by atoms with E-state index in [0.29, 0.717) is 4.90 Å². The first-order valence-corrected chi connectivity index (χ1v) is 6.32. The summed E-state index contributed by atoms with van der Waals surface area (Å²) in [5.41, 5.74) is 0. The van der Waals surface area contributed by atoms with Gasteiger partial charge in [-0.15, -0.1) is 0 Å². The van der Waals surface area contributed by atoms with Gasteiger partial charge in [0.1, 0.15) is 6.26 Å². The summed E-state index contributed by atoms with van der Waals surface area (Å²) in [6, 6.07) is 5.23. The normalized spacial score (nSPS) is 14.1. The van der Waals surface area contributed by atoms with Crippen LogP contribution in [0.5, 0.6) is 0 Å². The Bertz CT molecular complexity index is 379. The van der Waals surface area contributed by atoms with Gasteiger partial charge in [-0.05, 0) is 35.4 Å². The monoisotopic (exact) mass is 220 g/mol. The lowest BCUT2D eigenvalue weighted by molar-refractivity contribution is 0.483. The molecule has 0 heterocycles. The van der Waals surface area contributed by atoms with Gasteiger partial charge in [0.05, 0.1) is 4.90 Å². The molecule has 0 saturated carbocycles. The van der Waals surface area contributed by atoms with E-state index in [9.17, 15) is 13.0 Å². The van der Waals surface area contributed by atoms with Crippen molar-refractivity contribution in [2.24, 2.45) is 0 Å². The standard InChI is InChI=1S/C7H8O4S2/c1-12(8)6-2-4-7(5-3-6)13(9,10)11/h2-5H,1H3,(H,9,10,11). The van der Waals surface area contributed by atoms with E-state index in [0.717, 1.165) is 0 Å². The first kappa shape index (κ1) is 10.5. The lowest BCUT2D eigenvalue weighted by Crippen LogP contribution is -2.00. The summed E-state index contributed by atoms with van der Waals surface area (Å²) in [6.07, 6.45) is 1.49. The third-order valence-corrected chi connectivity index (χ3v) is 3.26. The molecule has 1 rings (SSSR count). The molecule has 0 aliphatic rings. The predicted molar refractivity (Wildman–Crippen MR) is 48.6 cm³/mol. The van der Waals surface area contributed by atoms with Crippen molar-refractivity contribution in [3.8, 4) is 0 Å². The van der Waals surface area contributed by atoms with Crippen molar-refractivity contribution >= 4 is 21.3 Å². The molecule has 1 aromatic rings. The molecular formula is C7H8O4S2. The predicted octanol–water partition coefficient (Wildman–Crippen LogP) is 0.671. The molecule has 0 amide bonds. The molecular weight excluding hydrogens is 212 g/mol. The molecule has 0 aliphatic heterocycles. The van der Waals surface area contributed by atoms with Gasteiger partial charge in [-0.1, -0.05) is 0 Å². The highest BCUT2D eigenvalue weighted by Crippen LogP contribution is 2.13. The van der Waals surface area contributed by atoms with Crippen LogP contribution >= 0.6 is 0 Å². The first-order chi connectivity index (χ1) is 5.91. The highest BCUT2D eigenvalue weighted by molar-refractivity contribution is 7.90. The molecule has 0 spiro atoms. The second-order valence-corrected chi connectivity index (χ2v) is 5.20. The molecule has 0 radical (unpaired) electrons. The summed E-state index contributed by atoms with van der Waals surface area (Å²) in [4.78, 5) is 0.328. The highest BCUT2D eigenvalue weighted by atomic mass is 32.2. The van der Waals surface area contributed by atoms with Crippen LogP contribution in [0.1, 0.15) is 0 Å². The van der Waals surface area contributed by atoms with Crippen molar-refractivity contribution in [3.63, 3.8) is 0 Å². The zero-order valence-corrected chi connectivity index (χ0v) is 8.43. The van der Waals surface area contributed by atoms with Crippen LogP contribution in [-0.2, 0) is 21.3 Å². The lowest BCUT2D eigenvalue weighted by Gasteiger charge is -2.03. The van der Waals surface area contributed by atoms with E-state index >= 15 is 0 Å². The maximum Gasteiger partial charge on any atom is 0.294 e. The number of hydrogen-bond acceptors (Lipinski definition) is 3. The fourth-order valence-electron chi connectivity index (χ4n) is 0.803. The molecule has 1 aromatic carbocycles. The van der Waals surface area contributed by atoms with Crippen molar-refractivity contribution < 1.29 is 17.5 Å². The molecule has 0 aliphatic carbocycles. The third kappa shape index (κ3) is 2.70. The van der Waals surface area contributed by atoms with Gasteiger partial charge in [0.15, 0.2) is 4.90 Å². The number of rotatable bonds is 2. The SMILES string of the molecule is C[S+]([O-])c1ccc(S(=O)(=O)O)cc1. The number of hydrogen-bond donors (Lipinski definition) is 1. The van der Waals surface area contributed by atoms with Crippen molar-refractivity contribution in [1.82, 2.24) is 0 Å². The molecule has 0 fully saturated rings. The first-order valence-electron chi connectivity index (χ1n) is 3.32. The van der Waals surface area contributed by atoms with E-state index in [1.54, 1.807) is 0 Å². The summed E-state index contributed by atoms with van der Waals surface area (Å²) in [5.74, 6) is 0. The van der Waals surface area contributed by atoms with E-state index in [1.165, 1.54) is 30.5 Å². The van der Waals surface area contributed by atoms with Crippen LogP contribution < -0.4 is 0 Å². The minimum atomic E-state index is -4.14. The Hall–Kier alpha value is -0.560. The van der Waals surface area contributed by atoms with Crippen LogP contribution in [-0.4, -0.2) is 23.8 Å². The average molecular weight is 220 g/mol. The van der Waals surface area contributed by atoms with Gasteiger partial charge < -0.3 is 4.55 Å². The van der Waals surface area contributed by atoms with Crippen LogP contribution in [0.15, 0.2) is 34.1 Å². The Kier molecular flexibility index (Phi) is 2.97. The van der Waals surface area contributed by atoms with Crippen LogP contribution in [0.4, 0.5) is 0 Å². The third-order valence-electron chi connectivity index (χ3n) is 1.45. The van der Waals surface area contributed by atoms with Crippen molar-refractivity contribution in [1.29, 1.82) is 0 Å². The van der Waals surface area contributed by atoms with E-state index in [2.05, 4.69) is 0 Å². The lowest BCUT2D eigenvalue weighted by atomic mass is 10.4.